The van der Waals surface area contributed by atoms with Gasteiger partial charge in [-0.25, -0.2) is 0 Å². The van der Waals surface area contributed by atoms with Gasteiger partial charge in [-0.3, -0.25) is 9.69 Å². The van der Waals surface area contributed by atoms with Crippen molar-refractivity contribution in [3.8, 4) is 5.75 Å². The number of hydrogen-bond acceptors (Lipinski definition) is 3. The number of benzene rings is 1. The van der Waals surface area contributed by atoms with Crippen LogP contribution in [0, 0.1) is 5.92 Å². The summed E-state index contributed by atoms with van der Waals surface area (Å²) in [6.07, 6.45) is 0.858. The lowest BCUT2D eigenvalue weighted by atomic mass is 10.1. The molecule has 1 heterocycles. The molecule has 0 aromatic heterocycles. The van der Waals surface area contributed by atoms with Gasteiger partial charge in [-0.2, -0.15) is 0 Å². The number of rotatable bonds is 4. The standard InChI is InChI=1S/C13H17BrN2O2/c1-18-11-2-3-12(14)10(6-11)8-16-5-4-9(7-16)13(15)17/h2-3,6,9H,4-5,7-8H2,1H3,(H2,15,17). The van der Waals surface area contributed by atoms with E-state index in [1.54, 1.807) is 7.11 Å². The van der Waals surface area contributed by atoms with E-state index in [9.17, 15) is 4.79 Å². The first-order valence-corrected chi connectivity index (χ1v) is 6.73. The lowest BCUT2D eigenvalue weighted by Crippen LogP contribution is -2.27. The van der Waals surface area contributed by atoms with E-state index in [1.807, 2.05) is 18.2 Å². The van der Waals surface area contributed by atoms with Crippen LogP contribution in [0.1, 0.15) is 12.0 Å². The van der Waals surface area contributed by atoms with E-state index in [0.29, 0.717) is 0 Å². The van der Waals surface area contributed by atoms with Gasteiger partial charge in [0.1, 0.15) is 5.75 Å². The molecule has 0 radical (unpaired) electrons. The smallest absolute Gasteiger partial charge is 0.221 e. The fourth-order valence-electron chi connectivity index (χ4n) is 2.25. The van der Waals surface area contributed by atoms with Crippen LogP contribution in [0.5, 0.6) is 5.75 Å². The largest absolute Gasteiger partial charge is 0.497 e. The Hall–Kier alpha value is -1.07. The minimum atomic E-state index is -0.192. The highest BCUT2D eigenvalue weighted by Gasteiger charge is 2.26. The number of likely N-dealkylation sites (tertiary alicyclic amines) is 1. The average Bonchev–Trinajstić information content (AvgIpc) is 2.81. The highest BCUT2D eigenvalue weighted by atomic mass is 79.9. The topological polar surface area (TPSA) is 55.6 Å². The zero-order chi connectivity index (χ0) is 13.1. The monoisotopic (exact) mass is 312 g/mol. The summed E-state index contributed by atoms with van der Waals surface area (Å²) in [6, 6.07) is 5.92. The van der Waals surface area contributed by atoms with Gasteiger partial charge in [0, 0.05) is 17.6 Å². The third-order valence-electron chi connectivity index (χ3n) is 3.32. The van der Waals surface area contributed by atoms with Gasteiger partial charge in [-0.1, -0.05) is 15.9 Å². The molecule has 1 atom stereocenters. The van der Waals surface area contributed by atoms with Crippen molar-refractivity contribution in [2.24, 2.45) is 11.7 Å². The summed E-state index contributed by atoms with van der Waals surface area (Å²) < 4.78 is 6.28. The molecule has 1 aliphatic heterocycles. The molecule has 1 unspecified atom stereocenters. The molecular formula is C13H17BrN2O2. The predicted molar refractivity (Wildman–Crippen MR) is 73.3 cm³/mol. The Morgan fingerprint density at radius 1 is 1.61 bits per heavy atom. The van der Waals surface area contributed by atoms with Gasteiger partial charge in [0.25, 0.3) is 0 Å². The fourth-order valence-corrected chi connectivity index (χ4v) is 2.62. The molecule has 1 aromatic carbocycles. The van der Waals surface area contributed by atoms with Crippen molar-refractivity contribution in [2.45, 2.75) is 13.0 Å². The Balaban J connectivity index is 2.04. The molecule has 1 aromatic rings. The number of primary amides is 1. The number of ether oxygens (including phenoxy) is 1. The van der Waals surface area contributed by atoms with Gasteiger partial charge in [0.05, 0.1) is 13.0 Å². The molecule has 0 saturated carbocycles. The Morgan fingerprint density at radius 3 is 3.00 bits per heavy atom. The molecule has 2 rings (SSSR count). The number of carbonyl (C=O) groups excluding carboxylic acids is 1. The highest BCUT2D eigenvalue weighted by Crippen LogP contribution is 2.26. The van der Waals surface area contributed by atoms with Crippen LogP contribution in [-0.4, -0.2) is 31.0 Å². The second-order valence-electron chi connectivity index (χ2n) is 4.58. The van der Waals surface area contributed by atoms with E-state index in [-0.39, 0.29) is 11.8 Å². The first-order valence-electron chi connectivity index (χ1n) is 5.94. The summed E-state index contributed by atoms with van der Waals surface area (Å²) in [7, 11) is 1.66. The molecule has 18 heavy (non-hydrogen) atoms. The van der Waals surface area contributed by atoms with Crippen molar-refractivity contribution in [3.05, 3.63) is 28.2 Å². The van der Waals surface area contributed by atoms with E-state index in [0.717, 1.165) is 36.3 Å². The SMILES string of the molecule is COc1ccc(Br)c(CN2CCC(C(N)=O)C2)c1. The van der Waals surface area contributed by atoms with E-state index >= 15 is 0 Å². The summed E-state index contributed by atoms with van der Waals surface area (Å²) >= 11 is 3.54. The maximum absolute atomic E-state index is 11.1. The van der Waals surface area contributed by atoms with Crippen LogP contribution in [-0.2, 0) is 11.3 Å². The molecule has 2 N–H and O–H groups in total. The Labute approximate surface area is 115 Å². The zero-order valence-electron chi connectivity index (χ0n) is 10.4. The molecule has 0 aliphatic carbocycles. The van der Waals surface area contributed by atoms with E-state index < -0.39 is 0 Å². The third kappa shape index (κ3) is 3.03. The van der Waals surface area contributed by atoms with Crippen LogP contribution in [0.3, 0.4) is 0 Å². The van der Waals surface area contributed by atoms with Crippen molar-refractivity contribution < 1.29 is 9.53 Å². The summed E-state index contributed by atoms with van der Waals surface area (Å²) in [6.45, 7) is 2.47. The minimum absolute atomic E-state index is 0.00520. The van der Waals surface area contributed by atoms with Crippen LogP contribution >= 0.6 is 15.9 Å². The van der Waals surface area contributed by atoms with Gasteiger partial charge in [-0.15, -0.1) is 0 Å². The molecular weight excluding hydrogens is 296 g/mol. The molecule has 0 spiro atoms. The number of hydrogen-bond donors (Lipinski definition) is 1. The maximum Gasteiger partial charge on any atom is 0.221 e. The second kappa shape index (κ2) is 5.71. The van der Waals surface area contributed by atoms with Crippen molar-refractivity contribution in [2.75, 3.05) is 20.2 Å². The number of nitrogens with zero attached hydrogens (tertiary/aromatic N) is 1. The summed E-state index contributed by atoms with van der Waals surface area (Å²) in [5.41, 5.74) is 6.50. The van der Waals surface area contributed by atoms with Gasteiger partial charge in [-0.05, 0) is 36.7 Å². The average molecular weight is 313 g/mol. The number of carbonyl (C=O) groups is 1. The summed E-state index contributed by atoms with van der Waals surface area (Å²) in [4.78, 5) is 13.4. The molecule has 0 bridgehead atoms. The van der Waals surface area contributed by atoms with Crippen LogP contribution < -0.4 is 10.5 Å². The first kappa shape index (κ1) is 13.4. The van der Waals surface area contributed by atoms with Crippen LogP contribution in [0.4, 0.5) is 0 Å². The van der Waals surface area contributed by atoms with Crippen LogP contribution in [0.15, 0.2) is 22.7 Å². The van der Waals surface area contributed by atoms with Gasteiger partial charge < -0.3 is 10.5 Å². The summed E-state index contributed by atoms with van der Waals surface area (Å²) in [5, 5.41) is 0. The first-order chi connectivity index (χ1) is 8.60. The lowest BCUT2D eigenvalue weighted by molar-refractivity contribution is -0.121. The molecule has 1 saturated heterocycles. The van der Waals surface area contributed by atoms with Gasteiger partial charge >= 0.3 is 0 Å². The van der Waals surface area contributed by atoms with Gasteiger partial charge in [0.2, 0.25) is 5.91 Å². The van der Waals surface area contributed by atoms with E-state index in [2.05, 4.69) is 20.8 Å². The number of halogens is 1. The predicted octanol–water partition coefficient (Wildman–Crippen LogP) is 1.76. The van der Waals surface area contributed by atoms with Crippen molar-refractivity contribution >= 4 is 21.8 Å². The fraction of sp³-hybridized carbons (Fsp3) is 0.462. The summed E-state index contributed by atoms with van der Waals surface area (Å²) in [5.74, 6) is 0.649. The van der Waals surface area contributed by atoms with Crippen LogP contribution in [0.2, 0.25) is 0 Å². The Morgan fingerprint density at radius 2 is 2.39 bits per heavy atom. The molecule has 1 amide bonds. The van der Waals surface area contributed by atoms with E-state index in [4.69, 9.17) is 10.5 Å². The Bertz CT molecular complexity index is 451. The van der Waals surface area contributed by atoms with Crippen molar-refractivity contribution in [1.82, 2.24) is 4.90 Å². The highest BCUT2D eigenvalue weighted by molar-refractivity contribution is 9.10. The lowest BCUT2D eigenvalue weighted by Gasteiger charge is -2.17. The maximum atomic E-state index is 11.1. The van der Waals surface area contributed by atoms with Crippen molar-refractivity contribution in [3.63, 3.8) is 0 Å². The van der Waals surface area contributed by atoms with E-state index in [1.165, 1.54) is 5.56 Å². The zero-order valence-corrected chi connectivity index (χ0v) is 11.9. The van der Waals surface area contributed by atoms with Gasteiger partial charge in [0.15, 0.2) is 0 Å². The normalized spacial score (nSPS) is 20.0. The minimum Gasteiger partial charge on any atom is -0.497 e. The molecule has 1 aliphatic rings. The molecule has 1 fully saturated rings. The molecule has 5 heteroatoms. The Kier molecular flexibility index (Phi) is 4.24. The van der Waals surface area contributed by atoms with Crippen molar-refractivity contribution in [1.29, 1.82) is 0 Å². The second-order valence-corrected chi connectivity index (χ2v) is 5.43. The number of methoxy groups -OCH3 is 1. The quantitative estimate of drug-likeness (QED) is 0.921. The molecule has 98 valence electrons. The third-order valence-corrected chi connectivity index (χ3v) is 4.10. The molecule has 4 nitrogen and oxygen atoms in total. The number of amides is 1. The number of nitrogens with two attached hydrogens (primary N) is 1. The van der Waals surface area contributed by atoms with Crippen LogP contribution in [0.25, 0.3) is 0 Å².